The predicted octanol–water partition coefficient (Wildman–Crippen LogP) is -0.273. The minimum Gasteiger partial charge on any atom is -0.481 e. The molecule has 6 nitrogen and oxygen atoms in total. The molecule has 2 aliphatic rings. The summed E-state index contributed by atoms with van der Waals surface area (Å²) in [5, 5.41) is 12.8. The Morgan fingerprint density at radius 3 is 2.63 bits per heavy atom. The maximum Gasteiger partial charge on any atom is 0.311 e. The van der Waals surface area contributed by atoms with Crippen molar-refractivity contribution in [2.45, 2.75) is 38.5 Å². The number of aliphatic carboxylic acids is 1. The van der Waals surface area contributed by atoms with Crippen molar-refractivity contribution in [1.29, 1.82) is 0 Å². The maximum absolute atomic E-state index is 11.6. The number of hydrogen-bond donors (Lipinski definition) is 2. The first-order chi connectivity index (χ1) is 8.83. The fraction of sp³-hybridized carbons (Fsp3) is 0.846. The minimum atomic E-state index is -1.15. The highest BCUT2D eigenvalue weighted by molar-refractivity contribution is 5.83. The quantitative estimate of drug-likeness (QED) is 0.685. The number of fused-ring (bicyclic) bond motifs is 1. The molecule has 2 aliphatic heterocycles. The SMILES string of the molecule is CC(C)(C(=O)O)C(C)(C=O)N1CC2NCCOC2C1. The van der Waals surface area contributed by atoms with Crippen molar-refractivity contribution in [1.82, 2.24) is 10.2 Å². The number of nitrogens with one attached hydrogen (secondary N) is 1. The summed E-state index contributed by atoms with van der Waals surface area (Å²) in [6.07, 6.45) is 0.802. The van der Waals surface area contributed by atoms with Crippen LogP contribution in [0.3, 0.4) is 0 Å². The number of carboxylic acids is 1. The van der Waals surface area contributed by atoms with E-state index in [0.717, 1.165) is 12.8 Å². The number of rotatable bonds is 4. The van der Waals surface area contributed by atoms with Gasteiger partial charge in [-0.1, -0.05) is 0 Å². The van der Waals surface area contributed by atoms with Gasteiger partial charge in [0.2, 0.25) is 0 Å². The van der Waals surface area contributed by atoms with Crippen LogP contribution in [0, 0.1) is 5.41 Å². The van der Waals surface area contributed by atoms with Crippen LogP contribution in [0.5, 0.6) is 0 Å². The first kappa shape index (κ1) is 14.4. The number of hydrogen-bond acceptors (Lipinski definition) is 5. The zero-order chi connectivity index (χ0) is 14.3. The molecule has 0 aromatic heterocycles. The fourth-order valence-corrected chi connectivity index (χ4v) is 2.81. The van der Waals surface area contributed by atoms with Crippen molar-refractivity contribution in [2.75, 3.05) is 26.2 Å². The molecule has 2 fully saturated rings. The summed E-state index contributed by atoms with van der Waals surface area (Å²) in [4.78, 5) is 25.0. The van der Waals surface area contributed by atoms with Gasteiger partial charge in [0.15, 0.2) is 0 Å². The smallest absolute Gasteiger partial charge is 0.311 e. The first-order valence-corrected chi connectivity index (χ1v) is 6.62. The molecule has 0 radical (unpaired) electrons. The van der Waals surface area contributed by atoms with Crippen LogP contribution in [0.2, 0.25) is 0 Å². The maximum atomic E-state index is 11.6. The summed E-state index contributed by atoms with van der Waals surface area (Å²) < 4.78 is 5.68. The summed E-state index contributed by atoms with van der Waals surface area (Å²) in [6.45, 7) is 7.58. The lowest BCUT2D eigenvalue weighted by molar-refractivity contribution is -0.159. The van der Waals surface area contributed by atoms with Crippen LogP contribution in [0.15, 0.2) is 0 Å². The molecule has 0 amide bonds. The Labute approximate surface area is 113 Å². The Hall–Kier alpha value is -0.980. The van der Waals surface area contributed by atoms with Crippen LogP contribution in [0.25, 0.3) is 0 Å². The molecule has 0 aromatic rings. The Morgan fingerprint density at radius 1 is 1.42 bits per heavy atom. The average molecular weight is 270 g/mol. The molecule has 3 atom stereocenters. The summed E-state index contributed by atoms with van der Waals surface area (Å²) in [6, 6.07) is 0.178. The second-order valence-corrected chi connectivity index (χ2v) is 6.07. The van der Waals surface area contributed by atoms with Crippen LogP contribution in [-0.4, -0.2) is 66.2 Å². The monoisotopic (exact) mass is 270 g/mol. The van der Waals surface area contributed by atoms with Crippen molar-refractivity contribution in [3.05, 3.63) is 0 Å². The normalized spacial score (nSPS) is 31.5. The van der Waals surface area contributed by atoms with Crippen molar-refractivity contribution < 1.29 is 19.4 Å². The van der Waals surface area contributed by atoms with Crippen LogP contribution in [-0.2, 0) is 14.3 Å². The number of ether oxygens (including phenoxy) is 1. The number of aldehydes is 1. The predicted molar refractivity (Wildman–Crippen MR) is 69.0 cm³/mol. The Bertz CT molecular complexity index is 371. The van der Waals surface area contributed by atoms with Gasteiger partial charge in [-0.05, 0) is 20.8 Å². The molecule has 2 saturated heterocycles. The van der Waals surface area contributed by atoms with E-state index in [9.17, 15) is 14.7 Å². The van der Waals surface area contributed by atoms with Crippen LogP contribution < -0.4 is 5.32 Å². The number of carboxylic acid groups (broad SMARTS) is 1. The van der Waals surface area contributed by atoms with Gasteiger partial charge in [0.1, 0.15) is 6.29 Å². The average Bonchev–Trinajstić information content (AvgIpc) is 2.81. The van der Waals surface area contributed by atoms with E-state index in [1.54, 1.807) is 20.8 Å². The highest BCUT2D eigenvalue weighted by Gasteiger charge is 2.54. The zero-order valence-electron chi connectivity index (χ0n) is 11.7. The lowest BCUT2D eigenvalue weighted by Gasteiger charge is -2.43. The van der Waals surface area contributed by atoms with Crippen molar-refractivity contribution in [3.63, 3.8) is 0 Å². The number of nitrogens with zero attached hydrogens (tertiary/aromatic N) is 1. The number of carbonyl (C=O) groups is 2. The molecule has 2 N–H and O–H groups in total. The van der Waals surface area contributed by atoms with E-state index in [1.165, 1.54) is 0 Å². The van der Waals surface area contributed by atoms with E-state index < -0.39 is 16.9 Å². The molecule has 0 saturated carbocycles. The Balaban J connectivity index is 2.23. The van der Waals surface area contributed by atoms with Gasteiger partial charge in [-0.25, -0.2) is 0 Å². The van der Waals surface area contributed by atoms with E-state index in [1.807, 2.05) is 4.90 Å². The summed E-state index contributed by atoms with van der Waals surface area (Å²) >= 11 is 0. The largest absolute Gasteiger partial charge is 0.481 e. The Kier molecular flexibility index (Phi) is 3.68. The van der Waals surface area contributed by atoms with Crippen LogP contribution in [0.4, 0.5) is 0 Å². The standard InChI is InChI=1S/C13H22N2O4/c1-12(2,11(17)18)13(3,8-16)15-6-9-10(7-15)19-5-4-14-9/h8-10,14H,4-7H2,1-3H3,(H,17,18). The van der Waals surface area contributed by atoms with E-state index in [-0.39, 0.29) is 12.1 Å². The van der Waals surface area contributed by atoms with Gasteiger partial charge < -0.3 is 20.0 Å². The third-order valence-corrected chi connectivity index (χ3v) is 4.79. The first-order valence-electron chi connectivity index (χ1n) is 6.62. The van der Waals surface area contributed by atoms with E-state index in [4.69, 9.17) is 4.74 Å². The summed E-state index contributed by atoms with van der Waals surface area (Å²) in [5.74, 6) is -0.967. The van der Waals surface area contributed by atoms with Gasteiger partial charge in [-0.3, -0.25) is 9.69 Å². The second-order valence-electron chi connectivity index (χ2n) is 6.07. The Morgan fingerprint density at radius 2 is 2.11 bits per heavy atom. The molecule has 2 rings (SSSR count). The van der Waals surface area contributed by atoms with Gasteiger partial charge in [-0.2, -0.15) is 0 Å². The van der Waals surface area contributed by atoms with Gasteiger partial charge in [-0.15, -0.1) is 0 Å². The van der Waals surface area contributed by atoms with Crippen molar-refractivity contribution >= 4 is 12.3 Å². The molecule has 2 heterocycles. The third-order valence-electron chi connectivity index (χ3n) is 4.79. The third kappa shape index (κ3) is 2.17. The molecular weight excluding hydrogens is 248 g/mol. The fourth-order valence-electron chi connectivity index (χ4n) is 2.81. The highest BCUT2D eigenvalue weighted by Crippen LogP contribution is 2.37. The zero-order valence-corrected chi connectivity index (χ0v) is 11.7. The summed E-state index contributed by atoms with van der Waals surface area (Å²) in [5.41, 5.74) is -2.19. The molecule has 6 heteroatoms. The van der Waals surface area contributed by atoms with Gasteiger partial charge in [0.25, 0.3) is 0 Å². The van der Waals surface area contributed by atoms with Crippen LogP contribution in [0.1, 0.15) is 20.8 Å². The van der Waals surface area contributed by atoms with Crippen molar-refractivity contribution in [3.8, 4) is 0 Å². The number of likely N-dealkylation sites (tertiary alicyclic amines) is 1. The van der Waals surface area contributed by atoms with E-state index in [2.05, 4.69) is 5.32 Å². The summed E-state index contributed by atoms with van der Waals surface area (Å²) in [7, 11) is 0. The minimum absolute atomic E-state index is 0.0395. The van der Waals surface area contributed by atoms with Crippen molar-refractivity contribution in [2.24, 2.45) is 5.41 Å². The molecule has 0 aliphatic carbocycles. The van der Waals surface area contributed by atoms with Gasteiger partial charge in [0, 0.05) is 25.7 Å². The molecule has 0 spiro atoms. The number of carbonyl (C=O) groups excluding carboxylic acids is 1. The molecular formula is C13H22N2O4. The lowest BCUT2D eigenvalue weighted by Crippen LogP contribution is -2.60. The topological polar surface area (TPSA) is 78.9 Å². The highest BCUT2D eigenvalue weighted by atomic mass is 16.5. The van der Waals surface area contributed by atoms with Gasteiger partial charge >= 0.3 is 5.97 Å². The number of morpholine rings is 1. The van der Waals surface area contributed by atoms with E-state index in [0.29, 0.717) is 19.7 Å². The molecule has 3 unspecified atom stereocenters. The molecule has 0 aromatic carbocycles. The second kappa shape index (κ2) is 4.85. The van der Waals surface area contributed by atoms with Crippen LogP contribution >= 0.6 is 0 Å². The van der Waals surface area contributed by atoms with Gasteiger partial charge in [0.05, 0.1) is 23.7 Å². The molecule has 108 valence electrons. The lowest BCUT2D eigenvalue weighted by atomic mass is 9.73. The molecule has 19 heavy (non-hydrogen) atoms. The molecule has 0 bridgehead atoms. The van der Waals surface area contributed by atoms with E-state index >= 15 is 0 Å².